The van der Waals surface area contributed by atoms with Crippen LogP contribution in [-0.2, 0) is 23.8 Å². The second-order valence-corrected chi connectivity index (χ2v) is 6.92. The van der Waals surface area contributed by atoms with Crippen LogP contribution >= 0.6 is 0 Å². The van der Waals surface area contributed by atoms with Crippen LogP contribution in [0.25, 0.3) is 0 Å². The fourth-order valence-corrected chi connectivity index (χ4v) is 4.33. The minimum Gasteiger partial charge on any atom is -0.465 e. The third-order valence-electron chi connectivity index (χ3n) is 5.35. The van der Waals surface area contributed by atoms with Gasteiger partial charge in [0.05, 0.1) is 31.3 Å². The maximum Gasteiger partial charge on any atom is 0.312 e. The van der Waals surface area contributed by atoms with E-state index in [1.165, 1.54) is 0 Å². The number of carbonyl (C=O) groups excluding carboxylic acids is 2. The number of nitrogens with zero attached hydrogens (tertiary/aromatic N) is 1. The summed E-state index contributed by atoms with van der Waals surface area (Å²) in [6, 6.07) is 0. The van der Waals surface area contributed by atoms with Crippen LogP contribution in [0.2, 0.25) is 0 Å². The Kier molecular flexibility index (Phi) is 3.69. The number of amides is 1. The summed E-state index contributed by atoms with van der Waals surface area (Å²) in [5, 5.41) is 0. The van der Waals surface area contributed by atoms with Crippen molar-refractivity contribution in [3.63, 3.8) is 0 Å². The van der Waals surface area contributed by atoms with Crippen molar-refractivity contribution in [3.05, 3.63) is 12.2 Å². The SMILES string of the molecule is CCCOC(=O)[C@@H]1[C@@H]2C=C[C@]3(CN(C[C@H]4CCCO4)C(=O)[C@H]13)O2. The molecule has 0 unspecified atom stereocenters. The number of fused-ring (bicyclic) bond motifs is 1. The summed E-state index contributed by atoms with van der Waals surface area (Å²) in [4.78, 5) is 27.1. The monoisotopic (exact) mass is 321 g/mol. The average molecular weight is 321 g/mol. The van der Waals surface area contributed by atoms with E-state index in [1.807, 2.05) is 24.0 Å². The molecule has 3 saturated heterocycles. The molecule has 4 rings (SSSR count). The molecule has 4 aliphatic heterocycles. The minimum atomic E-state index is -0.643. The van der Waals surface area contributed by atoms with Crippen LogP contribution in [0, 0.1) is 11.8 Å². The van der Waals surface area contributed by atoms with Crippen LogP contribution in [-0.4, -0.2) is 60.9 Å². The molecule has 4 heterocycles. The Morgan fingerprint density at radius 1 is 1.52 bits per heavy atom. The average Bonchev–Trinajstić information content (AvgIpc) is 3.28. The maximum atomic E-state index is 12.9. The molecule has 6 heteroatoms. The first kappa shape index (κ1) is 15.1. The maximum absolute atomic E-state index is 12.9. The molecule has 6 nitrogen and oxygen atoms in total. The minimum absolute atomic E-state index is 0.00537. The van der Waals surface area contributed by atoms with E-state index >= 15 is 0 Å². The van der Waals surface area contributed by atoms with Crippen molar-refractivity contribution in [2.45, 2.75) is 44.0 Å². The Morgan fingerprint density at radius 3 is 3.13 bits per heavy atom. The molecule has 0 aliphatic carbocycles. The third-order valence-corrected chi connectivity index (χ3v) is 5.35. The largest absolute Gasteiger partial charge is 0.465 e. The fraction of sp³-hybridized carbons (Fsp3) is 0.765. The van der Waals surface area contributed by atoms with Gasteiger partial charge >= 0.3 is 5.97 Å². The van der Waals surface area contributed by atoms with Crippen LogP contribution < -0.4 is 0 Å². The molecule has 0 N–H and O–H groups in total. The molecule has 1 spiro atoms. The zero-order valence-electron chi connectivity index (χ0n) is 13.4. The number of ether oxygens (including phenoxy) is 3. The molecule has 0 aromatic rings. The van der Waals surface area contributed by atoms with Gasteiger partial charge in [0, 0.05) is 13.2 Å². The highest BCUT2D eigenvalue weighted by molar-refractivity contribution is 5.91. The van der Waals surface area contributed by atoms with Crippen LogP contribution in [0.5, 0.6) is 0 Å². The smallest absolute Gasteiger partial charge is 0.312 e. The lowest BCUT2D eigenvalue weighted by Crippen LogP contribution is -2.40. The number of rotatable bonds is 5. The van der Waals surface area contributed by atoms with E-state index in [2.05, 4.69) is 0 Å². The lowest BCUT2D eigenvalue weighted by Gasteiger charge is -2.23. The summed E-state index contributed by atoms with van der Waals surface area (Å²) in [5.74, 6) is -1.25. The Labute approximate surface area is 135 Å². The van der Waals surface area contributed by atoms with E-state index < -0.39 is 17.4 Å². The van der Waals surface area contributed by atoms with Gasteiger partial charge < -0.3 is 19.1 Å². The van der Waals surface area contributed by atoms with E-state index in [0.717, 1.165) is 25.9 Å². The molecular formula is C17H23NO5. The molecule has 0 radical (unpaired) electrons. The number of likely N-dealkylation sites (tertiary alicyclic amines) is 1. The Hall–Kier alpha value is -1.40. The van der Waals surface area contributed by atoms with Gasteiger partial charge in [-0.25, -0.2) is 0 Å². The standard InChI is InChI=1S/C17H23NO5/c1-2-7-22-16(20)13-12-5-6-17(23-12)10-18(15(19)14(13)17)9-11-4-3-8-21-11/h5-6,11-14H,2-4,7-10H2,1H3/t11-,12+,13-,14+,17-/m1/s1. The van der Waals surface area contributed by atoms with Gasteiger partial charge in [-0.3, -0.25) is 9.59 Å². The quantitative estimate of drug-likeness (QED) is 0.556. The van der Waals surface area contributed by atoms with E-state index in [-0.39, 0.29) is 24.1 Å². The normalized spacial score (nSPS) is 40.9. The van der Waals surface area contributed by atoms with Gasteiger partial charge in [0.1, 0.15) is 11.5 Å². The topological polar surface area (TPSA) is 65.1 Å². The highest BCUT2D eigenvalue weighted by Gasteiger charge is 2.67. The molecule has 5 atom stereocenters. The predicted molar refractivity (Wildman–Crippen MR) is 80.5 cm³/mol. The summed E-state index contributed by atoms with van der Waals surface area (Å²) in [5.41, 5.74) is -0.643. The lowest BCUT2D eigenvalue weighted by atomic mass is 9.77. The Balaban J connectivity index is 1.52. The van der Waals surface area contributed by atoms with Gasteiger partial charge in [-0.15, -0.1) is 0 Å². The molecule has 23 heavy (non-hydrogen) atoms. The highest BCUT2D eigenvalue weighted by atomic mass is 16.6. The van der Waals surface area contributed by atoms with Crippen molar-refractivity contribution in [3.8, 4) is 0 Å². The number of hydrogen-bond acceptors (Lipinski definition) is 5. The van der Waals surface area contributed by atoms with Crippen LogP contribution in [0.1, 0.15) is 26.2 Å². The summed E-state index contributed by atoms with van der Waals surface area (Å²) in [6.45, 7) is 4.22. The molecule has 1 amide bonds. The van der Waals surface area contributed by atoms with Gasteiger partial charge in [0.25, 0.3) is 0 Å². The predicted octanol–water partition coefficient (Wildman–Crippen LogP) is 0.901. The van der Waals surface area contributed by atoms with Crippen LogP contribution in [0.4, 0.5) is 0 Å². The zero-order valence-corrected chi connectivity index (χ0v) is 13.4. The van der Waals surface area contributed by atoms with Gasteiger partial charge in [0.2, 0.25) is 5.91 Å². The van der Waals surface area contributed by atoms with Crippen molar-refractivity contribution in [1.29, 1.82) is 0 Å². The third kappa shape index (κ3) is 2.31. The molecule has 0 saturated carbocycles. The summed E-state index contributed by atoms with van der Waals surface area (Å²) < 4.78 is 17.0. The first-order chi connectivity index (χ1) is 11.1. The molecular weight excluding hydrogens is 298 g/mol. The van der Waals surface area contributed by atoms with Crippen molar-refractivity contribution in [2.75, 3.05) is 26.3 Å². The second kappa shape index (κ2) is 5.60. The number of hydrogen-bond donors (Lipinski definition) is 0. The van der Waals surface area contributed by atoms with Crippen LogP contribution in [0.15, 0.2) is 12.2 Å². The van der Waals surface area contributed by atoms with Gasteiger partial charge in [-0.2, -0.15) is 0 Å². The van der Waals surface area contributed by atoms with Gasteiger partial charge in [-0.1, -0.05) is 19.1 Å². The van der Waals surface area contributed by atoms with E-state index in [0.29, 0.717) is 19.7 Å². The second-order valence-electron chi connectivity index (χ2n) is 6.92. The van der Waals surface area contributed by atoms with E-state index in [1.54, 1.807) is 0 Å². The van der Waals surface area contributed by atoms with E-state index in [9.17, 15) is 9.59 Å². The molecule has 0 aromatic heterocycles. The summed E-state index contributed by atoms with van der Waals surface area (Å²) in [7, 11) is 0. The van der Waals surface area contributed by atoms with Crippen LogP contribution in [0.3, 0.4) is 0 Å². The summed E-state index contributed by atoms with van der Waals surface area (Å²) >= 11 is 0. The Morgan fingerprint density at radius 2 is 2.39 bits per heavy atom. The zero-order chi connectivity index (χ0) is 16.0. The molecule has 2 bridgehead atoms. The molecule has 3 fully saturated rings. The molecule has 126 valence electrons. The fourth-order valence-electron chi connectivity index (χ4n) is 4.33. The molecule has 0 aromatic carbocycles. The lowest BCUT2D eigenvalue weighted by molar-refractivity contribution is -0.154. The van der Waals surface area contributed by atoms with Crippen molar-refractivity contribution in [2.24, 2.45) is 11.8 Å². The highest BCUT2D eigenvalue weighted by Crippen LogP contribution is 2.52. The van der Waals surface area contributed by atoms with Gasteiger partial charge in [0.15, 0.2) is 0 Å². The number of esters is 1. The van der Waals surface area contributed by atoms with Gasteiger partial charge in [-0.05, 0) is 19.3 Å². The first-order valence-corrected chi connectivity index (χ1v) is 8.59. The molecule has 4 aliphatic rings. The Bertz CT molecular complexity index is 541. The van der Waals surface area contributed by atoms with Crippen molar-refractivity contribution >= 4 is 11.9 Å². The summed E-state index contributed by atoms with van der Waals surface area (Å²) in [6.07, 6.45) is 6.48. The van der Waals surface area contributed by atoms with E-state index in [4.69, 9.17) is 14.2 Å². The first-order valence-electron chi connectivity index (χ1n) is 8.59. The number of carbonyl (C=O) groups is 2. The van der Waals surface area contributed by atoms with Crippen molar-refractivity contribution in [1.82, 2.24) is 4.90 Å². The van der Waals surface area contributed by atoms with Crippen molar-refractivity contribution < 1.29 is 23.8 Å².